The van der Waals surface area contributed by atoms with Gasteiger partial charge >= 0.3 is 0 Å². The molecule has 4 rings (SSSR count). The minimum Gasteiger partial charge on any atom is -0.356 e. The highest BCUT2D eigenvalue weighted by Gasteiger charge is 2.27. The summed E-state index contributed by atoms with van der Waals surface area (Å²) in [6.45, 7) is 2.52. The Bertz CT molecular complexity index is 911. The van der Waals surface area contributed by atoms with E-state index in [0.29, 0.717) is 12.0 Å². The van der Waals surface area contributed by atoms with Gasteiger partial charge in [-0.3, -0.25) is 4.79 Å². The van der Waals surface area contributed by atoms with Crippen molar-refractivity contribution in [2.45, 2.75) is 51.0 Å². The summed E-state index contributed by atoms with van der Waals surface area (Å²) < 4.78 is 20.8. The summed E-state index contributed by atoms with van der Waals surface area (Å²) >= 11 is 0. The fourth-order valence-electron chi connectivity index (χ4n) is 4.05. The molecule has 2 aromatic heterocycles. The number of amides is 1. The van der Waals surface area contributed by atoms with Crippen molar-refractivity contribution >= 4 is 16.9 Å². The number of nitrogens with zero attached hydrogens (tertiary/aromatic N) is 3. The molecule has 0 radical (unpaired) electrons. The quantitative estimate of drug-likeness (QED) is 0.554. The van der Waals surface area contributed by atoms with Gasteiger partial charge in [0.05, 0.1) is 5.69 Å². The Labute approximate surface area is 164 Å². The van der Waals surface area contributed by atoms with Gasteiger partial charge in [0.15, 0.2) is 5.58 Å². The summed E-state index contributed by atoms with van der Waals surface area (Å²) in [6, 6.07) is 8.63. The van der Waals surface area contributed by atoms with Crippen LogP contribution in [0, 0.1) is 5.82 Å². The van der Waals surface area contributed by atoms with Crippen molar-refractivity contribution in [3.05, 3.63) is 54.2 Å². The zero-order chi connectivity index (χ0) is 19.3. The molecule has 6 heteroatoms. The average molecular weight is 383 g/mol. The topological polar surface area (TPSA) is 51.3 Å². The van der Waals surface area contributed by atoms with E-state index in [1.54, 1.807) is 6.07 Å². The van der Waals surface area contributed by atoms with Crippen LogP contribution in [0.4, 0.5) is 4.39 Å². The van der Waals surface area contributed by atoms with Crippen LogP contribution in [-0.4, -0.2) is 33.6 Å². The second-order valence-electron chi connectivity index (χ2n) is 7.59. The summed E-state index contributed by atoms with van der Waals surface area (Å²) in [7, 11) is 0. The summed E-state index contributed by atoms with van der Waals surface area (Å²) in [4.78, 5) is 14.5. The van der Waals surface area contributed by atoms with Crippen molar-refractivity contribution in [3.8, 4) is 0 Å². The zero-order valence-corrected chi connectivity index (χ0v) is 16.0. The van der Waals surface area contributed by atoms with Crippen LogP contribution in [0.5, 0.6) is 0 Å². The molecule has 3 heterocycles. The van der Waals surface area contributed by atoms with E-state index in [2.05, 4.69) is 22.1 Å². The van der Waals surface area contributed by atoms with Crippen molar-refractivity contribution < 1.29 is 13.7 Å². The average Bonchev–Trinajstić information content (AvgIpc) is 3.37. The number of aryl methyl sites for hydroxylation is 1. The first-order chi connectivity index (χ1) is 13.7. The second kappa shape index (κ2) is 8.59. The molecule has 0 bridgehead atoms. The maximum absolute atomic E-state index is 13.3. The first-order valence-corrected chi connectivity index (χ1v) is 10.1. The van der Waals surface area contributed by atoms with E-state index in [1.165, 1.54) is 12.1 Å². The largest absolute Gasteiger partial charge is 0.356 e. The summed E-state index contributed by atoms with van der Waals surface area (Å²) in [5.41, 5.74) is 1.39. The lowest BCUT2D eigenvalue weighted by molar-refractivity contribution is -0.132. The fraction of sp³-hybridized carbons (Fsp3) is 0.455. The van der Waals surface area contributed by atoms with E-state index in [4.69, 9.17) is 4.52 Å². The molecule has 148 valence electrons. The van der Waals surface area contributed by atoms with Crippen LogP contribution in [0.2, 0.25) is 0 Å². The molecule has 0 unspecified atom stereocenters. The van der Waals surface area contributed by atoms with Crippen molar-refractivity contribution in [2.75, 3.05) is 13.1 Å². The molecule has 1 aromatic carbocycles. The lowest BCUT2D eigenvalue weighted by atomic mass is 9.91. The Kier molecular flexibility index (Phi) is 5.74. The molecular formula is C22H26FN3O2. The minimum absolute atomic E-state index is 0.256. The number of rotatable bonds is 7. The Hall–Kier alpha value is -2.63. The third kappa shape index (κ3) is 4.26. The van der Waals surface area contributed by atoms with E-state index in [-0.39, 0.29) is 17.6 Å². The predicted octanol–water partition coefficient (Wildman–Crippen LogP) is 4.74. The summed E-state index contributed by atoms with van der Waals surface area (Å²) in [6.07, 6.45) is 9.64. The molecule has 1 aliphatic heterocycles. The summed E-state index contributed by atoms with van der Waals surface area (Å²) in [5.74, 6) is 0.202. The molecule has 5 nitrogen and oxygen atoms in total. The number of benzene rings is 1. The first kappa shape index (κ1) is 18.7. The van der Waals surface area contributed by atoms with Gasteiger partial charge in [0.25, 0.3) is 0 Å². The SMILES string of the molecule is O=C(CCCCCn1cccc1)N1CCC(c2noc3cc(F)ccc23)CC1. The number of carbonyl (C=O) groups excluding carboxylic acids is 1. The first-order valence-electron chi connectivity index (χ1n) is 10.1. The number of aromatic nitrogens is 2. The molecule has 0 N–H and O–H groups in total. The number of unbranched alkanes of at least 4 members (excludes halogenated alkanes) is 2. The standard InChI is InChI=1S/C22H26FN3O2/c23-18-7-8-19-20(16-18)28-24-22(19)17-9-14-26(15-10-17)21(27)6-2-1-3-11-25-12-4-5-13-25/h4-5,7-8,12-13,16-17H,1-3,6,9-11,14-15H2. The van der Waals surface area contributed by atoms with Gasteiger partial charge < -0.3 is 14.0 Å². The molecular weight excluding hydrogens is 357 g/mol. The lowest BCUT2D eigenvalue weighted by Crippen LogP contribution is -2.37. The molecule has 0 spiro atoms. The van der Waals surface area contributed by atoms with Gasteiger partial charge in [0, 0.05) is 55.8 Å². The highest BCUT2D eigenvalue weighted by atomic mass is 19.1. The number of likely N-dealkylation sites (tertiary alicyclic amines) is 1. The van der Waals surface area contributed by atoms with Crippen LogP contribution < -0.4 is 0 Å². The molecule has 1 saturated heterocycles. The van der Waals surface area contributed by atoms with E-state index >= 15 is 0 Å². The predicted molar refractivity (Wildman–Crippen MR) is 105 cm³/mol. The van der Waals surface area contributed by atoms with Gasteiger partial charge in [0.2, 0.25) is 5.91 Å². The fourth-order valence-corrected chi connectivity index (χ4v) is 4.05. The number of hydrogen-bond donors (Lipinski definition) is 0. The molecule has 3 aromatic rings. The van der Waals surface area contributed by atoms with Crippen molar-refractivity contribution in [1.82, 2.24) is 14.6 Å². The van der Waals surface area contributed by atoms with Gasteiger partial charge in [-0.25, -0.2) is 4.39 Å². The van der Waals surface area contributed by atoms with Gasteiger partial charge in [-0.2, -0.15) is 0 Å². The number of hydrogen-bond acceptors (Lipinski definition) is 3. The van der Waals surface area contributed by atoms with Crippen LogP contribution in [-0.2, 0) is 11.3 Å². The smallest absolute Gasteiger partial charge is 0.222 e. The Morgan fingerprint density at radius 1 is 1.14 bits per heavy atom. The third-order valence-corrected chi connectivity index (χ3v) is 5.67. The molecule has 1 fully saturated rings. The number of piperidine rings is 1. The van der Waals surface area contributed by atoms with Gasteiger partial charge in [-0.05, 0) is 49.9 Å². The molecule has 28 heavy (non-hydrogen) atoms. The third-order valence-electron chi connectivity index (χ3n) is 5.67. The Morgan fingerprint density at radius 3 is 2.71 bits per heavy atom. The van der Waals surface area contributed by atoms with Gasteiger partial charge in [-0.1, -0.05) is 11.6 Å². The van der Waals surface area contributed by atoms with Crippen LogP contribution in [0.1, 0.15) is 50.1 Å². The number of halogens is 1. The van der Waals surface area contributed by atoms with E-state index in [0.717, 1.165) is 62.8 Å². The Morgan fingerprint density at radius 2 is 1.93 bits per heavy atom. The zero-order valence-electron chi connectivity index (χ0n) is 16.0. The monoisotopic (exact) mass is 383 g/mol. The molecule has 0 atom stereocenters. The maximum atomic E-state index is 13.3. The maximum Gasteiger partial charge on any atom is 0.222 e. The van der Waals surface area contributed by atoms with E-state index < -0.39 is 0 Å². The van der Waals surface area contributed by atoms with Crippen LogP contribution >= 0.6 is 0 Å². The van der Waals surface area contributed by atoms with Crippen molar-refractivity contribution in [2.24, 2.45) is 0 Å². The molecule has 0 saturated carbocycles. The van der Waals surface area contributed by atoms with Crippen LogP contribution in [0.15, 0.2) is 47.2 Å². The molecule has 1 aliphatic rings. The van der Waals surface area contributed by atoms with Gasteiger partial charge in [0.1, 0.15) is 5.82 Å². The van der Waals surface area contributed by atoms with Crippen molar-refractivity contribution in [1.29, 1.82) is 0 Å². The highest BCUT2D eigenvalue weighted by molar-refractivity contribution is 5.80. The highest BCUT2D eigenvalue weighted by Crippen LogP contribution is 2.33. The van der Waals surface area contributed by atoms with E-state index in [9.17, 15) is 9.18 Å². The molecule has 0 aliphatic carbocycles. The summed E-state index contributed by atoms with van der Waals surface area (Å²) in [5, 5.41) is 5.06. The van der Waals surface area contributed by atoms with Crippen LogP contribution in [0.25, 0.3) is 11.0 Å². The van der Waals surface area contributed by atoms with E-state index in [1.807, 2.05) is 17.0 Å². The number of fused-ring (bicyclic) bond motifs is 1. The van der Waals surface area contributed by atoms with Gasteiger partial charge in [-0.15, -0.1) is 0 Å². The van der Waals surface area contributed by atoms with Crippen molar-refractivity contribution in [3.63, 3.8) is 0 Å². The minimum atomic E-state index is -0.316. The lowest BCUT2D eigenvalue weighted by Gasteiger charge is -2.31. The number of carbonyl (C=O) groups is 1. The second-order valence-corrected chi connectivity index (χ2v) is 7.59. The molecule has 1 amide bonds. The normalized spacial score (nSPS) is 15.4. The Balaban J connectivity index is 1.21. The van der Waals surface area contributed by atoms with Crippen LogP contribution in [0.3, 0.4) is 0 Å².